The molecule has 1 fully saturated rings. The highest BCUT2D eigenvalue weighted by Gasteiger charge is 2.26. The van der Waals surface area contributed by atoms with E-state index in [1.807, 2.05) is 0 Å². The number of nitrogens with zero attached hydrogens (tertiary/aromatic N) is 3. The van der Waals surface area contributed by atoms with Crippen LogP contribution < -0.4 is 10.2 Å². The van der Waals surface area contributed by atoms with Crippen molar-refractivity contribution >= 4 is 40.1 Å². The van der Waals surface area contributed by atoms with Gasteiger partial charge in [0, 0.05) is 31.6 Å². The van der Waals surface area contributed by atoms with E-state index >= 15 is 0 Å². The summed E-state index contributed by atoms with van der Waals surface area (Å²) < 4.78 is 0. The van der Waals surface area contributed by atoms with Crippen LogP contribution in [0.2, 0.25) is 10.0 Å². The molecule has 4 nitrogen and oxygen atoms in total. The zero-order valence-corrected chi connectivity index (χ0v) is 14.6. The van der Waals surface area contributed by atoms with Crippen LogP contribution in [0.3, 0.4) is 0 Å². The number of hydrogen-bond acceptors (Lipinski definition) is 4. The fraction of sp³-hybridized carbons (Fsp3) is 0.500. The molecule has 0 spiro atoms. The number of nitrogens with one attached hydrogen (secondary N) is 1. The molecule has 118 valence electrons. The Morgan fingerprint density at radius 3 is 2.09 bits per heavy atom. The van der Waals surface area contributed by atoms with Crippen LogP contribution in [0.5, 0.6) is 0 Å². The molecule has 1 aromatic carbocycles. The van der Waals surface area contributed by atoms with E-state index < -0.39 is 0 Å². The normalized spacial score (nSPS) is 16.3. The van der Waals surface area contributed by atoms with Gasteiger partial charge in [-0.3, -0.25) is 0 Å². The molecule has 0 unspecified atom stereocenters. The lowest BCUT2D eigenvalue weighted by molar-refractivity contribution is 0.546. The van der Waals surface area contributed by atoms with E-state index in [1.54, 1.807) is 12.1 Å². The van der Waals surface area contributed by atoms with Gasteiger partial charge in [-0.2, -0.15) is 0 Å². The Morgan fingerprint density at radius 2 is 1.55 bits per heavy atom. The van der Waals surface area contributed by atoms with Crippen LogP contribution in [0, 0.1) is 0 Å². The first-order valence-corrected chi connectivity index (χ1v) is 8.25. The Bertz CT molecular complexity index is 703. The molecule has 1 aliphatic rings. The van der Waals surface area contributed by atoms with Crippen molar-refractivity contribution in [1.82, 2.24) is 15.3 Å². The summed E-state index contributed by atoms with van der Waals surface area (Å²) in [5.41, 5.74) is 2.49. The minimum absolute atomic E-state index is 0.0898. The second-order valence-electron chi connectivity index (χ2n) is 6.64. The lowest BCUT2D eigenvalue weighted by Gasteiger charge is -2.32. The molecular weight excluding hydrogens is 319 g/mol. The van der Waals surface area contributed by atoms with Crippen molar-refractivity contribution in [2.45, 2.75) is 26.2 Å². The van der Waals surface area contributed by atoms with E-state index in [2.05, 4.69) is 31.0 Å². The number of fused-ring (bicyclic) bond motifs is 1. The molecule has 0 radical (unpaired) electrons. The molecule has 6 heteroatoms. The monoisotopic (exact) mass is 338 g/mol. The summed E-state index contributed by atoms with van der Waals surface area (Å²) in [6, 6.07) is 3.59. The maximum Gasteiger partial charge on any atom is 0.151 e. The highest BCUT2D eigenvalue weighted by atomic mass is 35.5. The molecule has 1 aliphatic heterocycles. The topological polar surface area (TPSA) is 41.1 Å². The van der Waals surface area contributed by atoms with Crippen LogP contribution in [0.15, 0.2) is 12.1 Å². The van der Waals surface area contributed by atoms with Crippen molar-refractivity contribution in [3.63, 3.8) is 0 Å². The highest BCUT2D eigenvalue weighted by molar-refractivity contribution is 6.42. The van der Waals surface area contributed by atoms with Crippen LogP contribution in [-0.2, 0) is 5.41 Å². The van der Waals surface area contributed by atoms with Crippen LogP contribution in [0.4, 0.5) is 5.82 Å². The molecule has 0 amide bonds. The van der Waals surface area contributed by atoms with Gasteiger partial charge in [0.25, 0.3) is 0 Å². The molecular formula is C16H20Cl2N4. The van der Waals surface area contributed by atoms with Gasteiger partial charge in [0.05, 0.1) is 26.8 Å². The summed E-state index contributed by atoms with van der Waals surface area (Å²) >= 11 is 12.3. The van der Waals surface area contributed by atoms with Crippen molar-refractivity contribution in [3.05, 3.63) is 27.9 Å². The van der Waals surface area contributed by atoms with Crippen molar-refractivity contribution in [2.75, 3.05) is 31.1 Å². The van der Waals surface area contributed by atoms with E-state index in [-0.39, 0.29) is 5.41 Å². The fourth-order valence-corrected chi connectivity index (χ4v) is 2.96. The average Bonchev–Trinajstić information content (AvgIpc) is 2.47. The molecule has 1 N–H and O–H groups in total. The summed E-state index contributed by atoms with van der Waals surface area (Å²) in [5, 5.41) is 4.39. The zero-order valence-electron chi connectivity index (χ0n) is 13.1. The quantitative estimate of drug-likeness (QED) is 0.861. The molecule has 1 aromatic heterocycles. The van der Waals surface area contributed by atoms with Crippen LogP contribution in [0.25, 0.3) is 11.0 Å². The average molecular weight is 339 g/mol. The number of anilines is 1. The van der Waals surface area contributed by atoms with Gasteiger partial charge >= 0.3 is 0 Å². The SMILES string of the molecule is CC(C)(C)c1nc2cc(Cl)c(Cl)cc2nc1N1CCNCC1. The molecule has 0 bridgehead atoms. The van der Waals surface area contributed by atoms with Gasteiger partial charge in [-0.15, -0.1) is 0 Å². The first kappa shape index (κ1) is 15.8. The number of aromatic nitrogens is 2. The summed E-state index contributed by atoms with van der Waals surface area (Å²) in [4.78, 5) is 12.0. The molecule has 0 saturated carbocycles. The first-order chi connectivity index (χ1) is 10.4. The molecule has 0 atom stereocenters. The predicted octanol–water partition coefficient (Wildman–Crippen LogP) is 3.64. The van der Waals surface area contributed by atoms with Gasteiger partial charge in [0.2, 0.25) is 0 Å². The van der Waals surface area contributed by atoms with Crippen LogP contribution in [-0.4, -0.2) is 36.1 Å². The summed E-state index contributed by atoms with van der Waals surface area (Å²) in [5.74, 6) is 0.958. The van der Waals surface area contributed by atoms with Gasteiger partial charge in [0.1, 0.15) is 0 Å². The van der Waals surface area contributed by atoms with Crippen molar-refractivity contribution in [3.8, 4) is 0 Å². The second kappa shape index (κ2) is 5.84. The predicted molar refractivity (Wildman–Crippen MR) is 93.3 cm³/mol. The number of hydrogen-bond donors (Lipinski definition) is 1. The van der Waals surface area contributed by atoms with Gasteiger partial charge in [-0.1, -0.05) is 44.0 Å². The number of rotatable bonds is 1. The number of piperazine rings is 1. The highest BCUT2D eigenvalue weighted by Crippen LogP contribution is 2.33. The Labute approximate surface area is 140 Å². The molecule has 0 aliphatic carbocycles. The Hall–Kier alpha value is -1.10. The summed E-state index contributed by atoms with van der Waals surface area (Å²) in [6.45, 7) is 10.3. The molecule has 1 saturated heterocycles. The minimum Gasteiger partial charge on any atom is -0.353 e. The third-order valence-electron chi connectivity index (χ3n) is 3.81. The van der Waals surface area contributed by atoms with Crippen molar-refractivity contribution in [1.29, 1.82) is 0 Å². The van der Waals surface area contributed by atoms with E-state index in [0.29, 0.717) is 10.0 Å². The molecule has 22 heavy (non-hydrogen) atoms. The van der Waals surface area contributed by atoms with Crippen LogP contribution >= 0.6 is 23.2 Å². The van der Waals surface area contributed by atoms with E-state index in [1.165, 1.54) is 0 Å². The lowest BCUT2D eigenvalue weighted by atomic mass is 9.91. The fourth-order valence-electron chi connectivity index (χ4n) is 2.64. The second-order valence-corrected chi connectivity index (χ2v) is 7.45. The third-order valence-corrected chi connectivity index (χ3v) is 4.54. The van der Waals surface area contributed by atoms with E-state index in [4.69, 9.17) is 33.2 Å². The van der Waals surface area contributed by atoms with Gasteiger partial charge in [0.15, 0.2) is 5.82 Å². The van der Waals surface area contributed by atoms with Crippen molar-refractivity contribution < 1.29 is 0 Å². The molecule has 2 heterocycles. The van der Waals surface area contributed by atoms with Crippen LogP contribution in [0.1, 0.15) is 26.5 Å². The largest absolute Gasteiger partial charge is 0.353 e. The van der Waals surface area contributed by atoms with Gasteiger partial charge in [-0.05, 0) is 12.1 Å². The third kappa shape index (κ3) is 3.00. The van der Waals surface area contributed by atoms with Gasteiger partial charge in [-0.25, -0.2) is 9.97 Å². The summed E-state index contributed by atoms with van der Waals surface area (Å²) in [7, 11) is 0. The number of benzene rings is 1. The van der Waals surface area contributed by atoms with Gasteiger partial charge < -0.3 is 10.2 Å². The van der Waals surface area contributed by atoms with E-state index in [9.17, 15) is 0 Å². The Kier molecular flexibility index (Phi) is 4.19. The molecule has 2 aromatic rings. The maximum atomic E-state index is 6.13. The lowest BCUT2D eigenvalue weighted by Crippen LogP contribution is -2.45. The minimum atomic E-state index is -0.0898. The van der Waals surface area contributed by atoms with E-state index in [0.717, 1.165) is 48.7 Å². The Balaban J connectivity index is 2.20. The smallest absolute Gasteiger partial charge is 0.151 e. The summed E-state index contributed by atoms with van der Waals surface area (Å²) in [6.07, 6.45) is 0. The maximum absolute atomic E-state index is 6.13. The number of halogens is 2. The first-order valence-electron chi connectivity index (χ1n) is 7.49. The molecule has 3 rings (SSSR count). The van der Waals surface area contributed by atoms with Crippen molar-refractivity contribution in [2.24, 2.45) is 0 Å². The Morgan fingerprint density at radius 1 is 1.00 bits per heavy atom. The standard InChI is InChI=1S/C16H20Cl2N4/c1-16(2,3)14-15(22-6-4-19-5-7-22)21-13-9-11(18)10(17)8-12(13)20-14/h8-9,19H,4-7H2,1-3H3. The zero-order chi connectivity index (χ0) is 15.9.